The van der Waals surface area contributed by atoms with Gasteiger partial charge in [-0.05, 0) is 37.5 Å². The van der Waals surface area contributed by atoms with Crippen LogP contribution in [0.4, 0.5) is 11.8 Å². The van der Waals surface area contributed by atoms with E-state index in [1.807, 2.05) is 36.2 Å². The largest absolute Gasteiger partial charge is 0.373 e. The Hall–Kier alpha value is -2.70. The molecule has 0 aromatic carbocycles. The molecule has 1 N–H and O–H groups in total. The van der Waals surface area contributed by atoms with Crippen LogP contribution in [0.2, 0.25) is 0 Å². The zero-order chi connectivity index (χ0) is 18.7. The van der Waals surface area contributed by atoms with Gasteiger partial charge in [-0.3, -0.25) is 9.78 Å². The van der Waals surface area contributed by atoms with Crippen molar-refractivity contribution in [2.75, 3.05) is 36.9 Å². The number of hydrogen-bond donors (Lipinski definition) is 1. The normalized spacial score (nSPS) is 22.9. The molecule has 0 unspecified atom stereocenters. The summed E-state index contributed by atoms with van der Waals surface area (Å²) in [7, 11) is 1.87. The van der Waals surface area contributed by atoms with Crippen LogP contribution in [0.15, 0.2) is 36.7 Å². The number of carbonyl (C=O) groups is 1. The zero-order valence-electron chi connectivity index (χ0n) is 15.8. The third kappa shape index (κ3) is 3.86. The van der Waals surface area contributed by atoms with Gasteiger partial charge in [0.15, 0.2) is 0 Å². The van der Waals surface area contributed by atoms with E-state index >= 15 is 0 Å². The van der Waals surface area contributed by atoms with E-state index in [1.165, 1.54) is 0 Å². The van der Waals surface area contributed by atoms with Gasteiger partial charge in [-0.25, -0.2) is 4.98 Å². The Morgan fingerprint density at radius 1 is 1.15 bits per heavy atom. The number of piperidine rings is 2. The molecule has 2 saturated heterocycles. The molecule has 4 rings (SSSR count). The van der Waals surface area contributed by atoms with Gasteiger partial charge < -0.3 is 15.1 Å². The molecular formula is C20H26N6O. The Bertz CT molecular complexity index is 798. The predicted octanol–water partition coefficient (Wildman–Crippen LogP) is 2.32. The van der Waals surface area contributed by atoms with Crippen molar-refractivity contribution < 1.29 is 4.79 Å². The van der Waals surface area contributed by atoms with Gasteiger partial charge >= 0.3 is 0 Å². The third-order valence-corrected chi connectivity index (χ3v) is 5.67. The minimum atomic E-state index is 0.111. The molecule has 2 aromatic rings. The standard InChI is InChI=1S/C20H26N6O/c1-21-17-7-11-23-19(24-17)25-12-4-8-20(14-25)9-6-18(27)26(15-20)13-16-5-2-3-10-22-16/h2-3,5,7,10-11H,4,6,8-9,12-15H2,1H3,(H,21,23,24)/t20-/m0/s1. The predicted molar refractivity (Wildman–Crippen MR) is 104 cm³/mol. The first kappa shape index (κ1) is 17.7. The quantitative estimate of drug-likeness (QED) is 0.895. The molecule has 7 nitrogen and oxygen atoms in total. The second kappa shape index (κ2) is 7.50. The molecule has 1 atom stereocenters. The van der Waals surface area contributed by atoms with E-state index in [0.29, 0.717) is 13.0 Å². The van der Waals surface area contributed by atoms with E-state index in [4.69, 9.17) is 0 Å². The van der Waals surface area contributed by atoms with Gasteiger partial charge in [0.2, 0.25) is 11.9 Å². The maximum absolute atomic E-state index is 12.5. The molecule has 1 spiro atoms. The number of hydrogen-bond acceptors (Lipinski definition) is 6. The van der Waals surface area contributed by atoms with Crippen LogP contribution in [0.3, 0.4) is 0 Å². The summed E-state index contributed by atoms with van der Waals surface area (Å²) < 4.78 is 0. The molecule has 0 radical (unpaired) electrons. The summed E-state index contributed by atoms with van der Waals surface area (Å²) in [4.78, 5) is 30.2. The number of nitrogens with zero attached hydrogens (tertiary/aromatic N) is 5. The highest BCUT2D eigenvalue weighted by Crippen LogP contribution is 2.40. The van der Waals surface area contributed by atoms with Crippen LogP contribution in [0.5, 0.6) is 0 Å². The topological polar surface area (TPSA) is 74.2 Å². The molecule has 0 aliphatic carbocycles. The first-order chi connectivity index (χ1) is 13.2. The minimum absolute atomic E-state index is 0.111. The van der Waals surface area contributed by atoms with Crippen LogP contribution >= 0.6 is 0 Å². The zero-order valence-corrected chi connectivity index (χ0v) is 15.8. The Balaban J connectivity index is 1.50. The summed E-state index contributed by atoms with van der Waals surface area (Å²) in [5, 5.41) is 3.08. The Labute approximate surface area is 159 Å². The van der Waals surface area contributed by atoms with Crippen molar-refractivity contribution in [2.24, 2.45) is 5.41 Å². The van der Waals surface area contributed by atoms with E-state index in [9.17, 15) is 4.79 Å². The van der Waals surface area contributed by atoms with Crippen molar-refractivity contribution in [3.8, 4) is 0 Å². The van der Waals surface area contributed by atoms with Crippen LogP contribution in [0.1, 0.15) is 31.4 Å². The van der Waals surface area contributed by atoms with Gasteiger partial charge in [-0.2, -0.15) is 4.98 Å². The lowest BCUT2D eigenvalue weighted by Crippen LogP contribution is -2.54. The van der Waals surface area contributed by atoms with E-state index < -0.39 is 0 Å². The molecule has 2 aromatic heterocycles. The van der Waals surface area contributed by atoms with Crippen LogP contribution in [-0.4, -0.2) is 52.4 Å². The number of nitrogens with one attached hydrogen (secondary N) is 1. The molecule has 2 aliphatic rings. The van der Waals surface area contributed by atoms with Gasteiger partial charge in [-0.1, -0.05) is 6.07 Å². The van der Waals surface area contributed by atoms with E-state index in [1.54, 1.807) is 12.4 Å². The summed E-state index contributed by atoms with van der Waals surface area (Å²) in [6.45, 7) is 3.23. The molecule has 7 heteroatoms. The maximum Gasteiger partial charge on any atom is 0.227 e. The monoisotopic (exact) mass is 366 g/mol. The summed E-state index contributed by atoms with van der Waals surface area (Å²) in [6.07, 6.45) is 7.37. The van der Waals surface area contributed by atoms with E-state index in [-0.39, 0.29) is 11.3 Å². The number of rotatable bonds is 4. The molecular weight excluding hydrogens is 340 g/mol. The van der Waals surface area contributed by atoms with Crippen molar-refractivity contribution in [3.63, 3.8) is 0 Å². The average Bonchev–Trinajstić information content (AvgIpc) is 2.72. The lowest BCUT2D eigenvalue weighted by atomic mass is 9.73. The molecule has 27 heavy (non-hydrogen) atoms. The smallest absolute Gasteiger partial charge is 0.227 e. The number of aromatic nitrogens is 3. The number of pyridine rings is 1. The van der Waals surface area contributed by atoms with Gasteiger partial charge in [-0.15, -0.1) is 0 Å². The fraction of sp³-hybridized carbons (Fsp3) is 0.500. The maximum atomic E-state index is 12.5. The van der Waals surface area contributed by atoms with Gasteiger partial charge in [0.25, 0.3) is 0 Å². The van der Waals surface area contributed by atoms with Gasteiger partial charge in [0, 0.05) is 50.9 Å². The molecule has 0 bridgehead atoms. The van der Waals surface area contributed by atoms with E-state index in [2.05, 4.69) is 25.2 Å². The van der Waals surface area contributed by atoms with Crippen molar-refractivity contribution >= 4 is 17.7 Å². The first-order valence-electron chi connectivity index (χ1n) is 9.61. The second-order valence-electron chi connectivity index (χ2n) is 7.59. The Morgan fingerprint density at radius 2 is 2.07 bits per heavy atom. The lowest BCUT2D eigenvalue weighted by Gasteiger charge is -2.48. The lowest BCUT2D eigenvalue weighted by molar-refractivity contribution is -0.138. The molecule has 4 heterocycles. The van der Waals surface area contributed by atoms with E-state index in [0.717, 1.165) is 56.4 Å². The molecule has 2 fully saturated rings. The number of carbonyl (C=O) groups excluding carboxylic acids is 1. The highest BCUT2D eigenvalue weighted by molar-refractivity contribution is 5.77. The van der Waals surface area contributed by atoms with Crippen molar-refractivity contribution in [1.82, 2.24) is 19.9 Å². The first-order valence-corrected chi connectivity index (χ1v) is 9.61. The summed E-state index contributed by atoms with van der Waals surface area (Å²) in [5.74, 6) is 1.83. The van der Waals surface area contributed by atoms with Crippen LogP contribution in [0, 0.1) is 5.41 Å². The molecule has 0 saturated carbocycles. The number of amides is 1. The van der Waals surface area contributed by atoms with Crippen LogP contribution in [-0.2, 0) is 11.3 Å². The molecule has 2 aliphatic heterocycles. The van der Waals surface area contributed by atoms with Crippen molar-refractivity contribution in [2.45, 2.75) is 32.2 Å². The Kier molecular flexibility index (Phi) is 4.92. The fourth-order valence-electron chi connectivity index (χ4n) is 4.29. The summed E-state index contributed by atoms with van der Waals surface area (Å²) in [6, 6.07) is 7.73. The highest BCUT2D eigenvalue weighted by atomic mass is 16.2. The SMILES string of the molecule is CNc1ccnc(N2CCC[C@]3(CCC(=O)N(Cc4ccccn4)C3)C2)n1. The Morgan fingerprint density at radius 3 is 2.89 bits per heavy atom. The number of anilines is 2. The average molecular weight is 366 g/mol. The highest BCUT2D eigenvalue weighted by Gasteiger charge is 2.42. The van der Waals surface area contributed by atoms with Crippen molar-refractivity contribution in [3.05, 3.63) is 42.4 Å². The number of likely N-dealkylation sites (tertiary alicyclic amines) is 1. The van der Waals surface area contributed by atoms with Crippen molar-refractivity contribution in [1.29, 1.82) is 0 Å². The third-order valence-electron chi connectivity index (χ3n) is 5.67. The second-order valence-corrected chi connectivity index (χ2v) is 7.59. The minimum Gasteiger partial charge on any atom is -0.373 e. The van der Waals surface area contributed by atoms with Gasteiger partial charge in [0.05, 0.1) is 12.2 Å². The molecule has 142 valence electrons. The molecule has 1 amide bonds. The van der Waals surface area contributed by atoms with Crippen LogP contribution < -0.4 is 10.2 Å². The summed E-state index contributed by atoms with van der Waals surface area (Å²) in [5.41, 5.74) is 1.06. The van der Waals surface area contributed by atoms with Gasteiger partial charge in [0.1, 0.15) is 5.82 Å². The fourth-order valence-corrected chi connectivity index (χ4v) is 4.29. The van der Waals surface area contributed by atoms with Crippen LogP contribution in [0.25, 0.3) is 0 Å². The summed E-state index contributed by atoms with van der Waals surface area (Å²) >= 11 is 0.